The zero-order valence-corrected chi connectivity index (χ0v) is 19.8. The lowest BCUT2D eigenvalue weighted by Crippen LogP contribution is -2.57. The number of nitrogens with one attached hydrogen (secondary N) is 1. The third kappa shape index (κ3) is 5.68. The highest BCUT2D eigenvalue weighted by molar-refractivity contribution is 14.0. The molecule has 26 heavy (non-hydrogen) atoms. The minimum absolute atomic E-state index is 0. The Kier molecular flexibility index (Phi) is 9.09. The van der Waals surface area contributed by atoms with Crippen LogP contribution in [-0.4, -0.2) is 92.7 Å². The van der Waals surface area contributed by atoms with Crippen LogP contribution < -0.4 is 5.32 Å². The molecular formula is C17H35IN4O3S. The lowest BCUT2D eigenvalue weighted by atomic mass is 10.2. The van der Waals surface area contributed by atoms with Crippen LogP contribution in [0.25, 0.3) is 0 Å². The summed E-state index contributed by atoms with van der Waals surface area (Å²) in [4.78, 5) is 9.33. The second-order valence-electron chi connectivity index (χ2n) is 7.71. The normalized spacial score (nSPS) is 27.5. The molecule has 2 rings (SSSR count). The van der Waals surface area contributed by atoms with Gasteiger partial charge in [0, 0.05) is 38.3 Å². The van der Waals surface area contributed by atoms with Gasteiger partial charge < -0.3 is 15.0 Å². The lowest BCUT2D eigenvalue weighted by Gasteiger charge is -2.40. The number of morpholine rings is 1. The number of hydrogen-bond acceptors (Lipinski definition) is 5. The Morgan fingerprint density at radius 1 is 1.38 bits per heavy atom. The van der Waals surface area contributed by atoms with Crippen LogP contribution >= 0.6 is 24.0 Å². The molecule has 0 spiro atoms. The first-order valence-electron chi connectivity index (χ1n) is 9.27. The van der Waals surface area contributed by atoms with E-state index in [0.717, 1.165) is 32.3 Å². The van der Waals surface area contributed by atoms with Gasteiger partial charge in [0.2, 0.25) is 0 Å². The van der Waals surface area contributed by atoms with Gasteiger partial charge in [-0.2, -0.15) is 0 Å². The van der Waals surface area contributed by atoms with E-state index < -0.39 is 14.6 Å². The van der Waals surface area contributed by atoms with E-state index in [0.29, 0.717) is 31.7 Å². The largest absolute Gasteiger partial charge is 0.379 e. The van der Waals surface area contributed by atoms with Gasteiger partial charge >= 0.3 is 0 Å². The zero-order valence-electron chi connectivity index (χ0n) is 16.7. The fourth-order valence-electron chi connectivity index (χ4n) is 3.47. The Morgan fingerprint density at radius 2 is 2.08 bits per heavy atom. The van der Waals surface area contributed by atoms with Crippen LogP contribution in [0.3, 0.4) is 0 Å². The summed E-state index contributed by atoms with van der Waals surface area (Å²) >= 11 is 0. The van der Waals surface area contributed by atoms with E-state index in [1.54, 1.807) is 13.8 Å². The van der Waals surface area contributed by atoms with Crippen molar-refractivity contribution in [1.29, 1.82) is 0 Å². The predicted octanol–water partition coefficient (Wildman–Crippen LogP) is 1.19. The topological polar surface area (TPSA) is 74.2 Å². The van der Waals surface area contributed by atoms with Gasteiger partial charge in [-0.25, -0.2) is 8.42 Å². The molecule has 7 nitrogen and oxygen atoms in total. The van der Waals surface area contributed by atoms with Crippen molar-refractivity contribution >= 4 is 39.8 Å². The molecule has 0 aromatic carbocycles. The van der Waals surface area contributed by atoms with Gasteiger partial charge in [0.05, 0.1) is 30.3 Å². The number of nitrogens with zero attached hydrogens (tertiary/aromatic N) is 3. The second kappa shape index (κ2) is 9.88. The molecule has 2 heterocycles. The van der Waals surface area contributed by atoms with Crippen molar-refractivity contribution in [3.8, 4) is 0 Å². The SMILES string of the molecule is CCNC(=NCC(C)N1CCOCC1C)N1CCS(=O)(=O)C(C)(C)C1.I. The third-order valence-electron chi connectivity index (χ3n) is 5.17. The number of ether oxygens (including phenoxy) is 1. The molecule has 1 N–H and O–H groups in total. The molecule has 2 atom stereocenters. The van der Waals surface area contributed by atoms with E-state index in [-0.39, 0.29) is 29.7 Å². The first-order chi connectivity index (χ1) is 11.7. The standard InChI is InChI=1S/C17H34N4O3S.HI/c1-6-18-16(20-8-10-25(22,23)17(4,5)13-20)19-11-14(2)21-7-9-24-12-15(21)3;/h14-15H,6-13H2,1-5H3,(H,18,19);1H. The molecule has 0 aromatic heterocycles. The Labute approximate surface area is 175 Å². The van der Waals surface area contributed by atoms with Gasteiger partial charge in [0.1, 0.15) is 0 Å². The van der Waals surface area contributed by atoms with Crippen molar-refractivity contribution in [3.63, 3.8) is 0 Å². The maximum atomic E-state index is 12.2. The van der Waals surface area contributed by atoms with Gasteiger partial charge in [-0.05, 0) is 34.6 Å². The van der Waals surface area contributed by atoms with Crippen LogP contribution in [0.5, 0.6) is 0 Å². The second-order valence-corrected chi connectivity index (χ2v) is 10.4. The van der Waals surface area contributed by atoms with Gasteiger partial charge in [-0.1, -0.05) is 0 Å². The first kappa shape index (κ1) is 23.9. The highest BCUT2D eigenvalue weighted by Crippen LogP contribution is 2.23. The molecule has 0 aromatic rings. The first-order valence-corrected chi connectivity index (χ1v) is 10.9. The van der Waals surface area contributed by atoms with Gasteiger partial charge in [0.15, 0.2) is 15.8 Å². The van der Waals surface area contributed by atoms with Crippen molar-refractivity contribution < 1.29 is 13.2 Å². The van der Waals surface area contributed by atoms with Crippen LogP contribution in [0.2, 0.25) is 0 Å². The fraction of sp³-hybridized carbons (Fsp3) is 0.941. The molecule has 0 saturated carbocycles. The molecule has 2 saturated heterocycles. The predicted molar refractivity (Wildman–Crippen MR) is 117 cm³/mol. The molecule has 2 unspecified atom stereocenters. The van der Waals surface area contributed by atoms with Crippen molar-refractivity contribution in [3.05, 3.63) is 0 Å². The summed E-state index contributed by atoms with van der Waals surface area (Å²) in [5.74, 6) is 0.999. The fourth-order valence-corrected chi connectivity index (χ4v) is 4.83. The van der Waals surface area contributed by atoms with E-state index >= 15 is 0 Å². The molecule has 0 radical (unpaired) electrons. The summed E-state index contributed by atoms with van der Waals surface area (Å²) < 4.78 is 29.2. The van der Waals surface area contributed by atoms with Gasteiger partial charge in [0.25, 0.3) is 0 Å². The minimum Gasteiger partial charge on any atom is -0.379 e. The summed E-state index contributed by atoms with van der Waals surface area (Å²) in [5, 5.41) is 3.32. The number of halogens is 1. The number of rotatable bonds is 4. The zero-order chi connectivity index (χ0) is 18.7. The van der Waals surface area contributed by atoms with Crippen molar-refractivity contribution in [1.82, 2.24) is 15.1 Å². The molecule has 0 amide bonds. The quantitative estimate of drug-likeness (QED) is 0.354. The van der Waals surface area contributed by atoms with Crippen molar-refractivity contribution in [2.45, 2.75) is 51.4 Å². The summed E-state index contributed by atoms with van der Waals surface area (Å²) in [6.07, 6.45) is 0. The average Bonchev–Trinajstić information content (AvgIpc) is 2.54. The van der Waals surface area contributed by atoms with E-state index in [9.17, 15) is 8.42 Å². The Hall–Kier alpha value is -0.130. The van der Waals surface area contributed by atoms with E-state index in [4.69, 9.17) is 9.73 Å². The molecule has 2 aliphatic rings. The summed E-state index contributed by atoms with van der Waals surface area (Å²) in [6.45, 7) is 14.9. The summed E-state index contributed by atoms with van der Waals surface area (Å²) in [6, 6.07) is 0.731. The van der Waals surface area contributed by atoms with Crippen LogP contribution in [0.15, 0.2) is 4.99 Å². The summed E-state index contributed by atoms with van der Waals surface area (Å²) in [5.41, 5.74) is 0. The highest BCUT2D eigenvalue weighted by Gasteiger charge is 2.41. The maximum Gasteiger partial charge on any atom is 0.194 e. The number of guanidine groups is 1. The molecule has 0 aliphatic carbocycles. The minimum atomic E-state index is -3.04. The number of aliphatic imine (C=N–C) groups is 1. The van der Waals surface area contributed by atoms with Gasteiger partial charge in [-0.15, -0.1) is 24.0 Å². The van der Waals surface area contributed by atoms with Crippen LogP contribution in [0.4, 0.5) is 0 Å². The molecule has 2 aliphatic heterocycles. The smallest absolute Gasteiger partial charge is 0.194 e. The Morgan fingerprint density at radius 3 is 2.65 bits per heavy atom. The van der Waals surface area contributed by atoms with Crippen LogP contribution in [0, 0.1) is 0 Å². The van der Waals surface area contributed by atoms with Crippen molar-refractivity contribution in [2.75, 3.05) is 51.7 Å². The van der Waals surface area contributed by atoms with Crippen LogP contribution in [-0.2, 0) is 14.6 Å². The monoisotopic (exact) mass is 502 g/mol. The Balaban J connectivity index is 0.00000338. The van der Waals surface area contributed by atoms with E-state index in [2.05, 4.69) is 29.0 Å². The average molecular weight is 502 g/mol. The lowest BCUT2D eigenvalue weighted by molar-refractivity contribution is -0.0166. The van der Waals surface area contributed by atoms with E-state index in [1.165, 1.54) is 0 Å². The molecule has 9 heteroatoms. The number of hydrogen-bond donors (Lipinski definition) is 1. The highest BCUT2D eigenvalue weighted by atomic mass is 127. The maximum absolute atomic E-state index is 12.2. The molecule has 2 fully saturated rings. The van der Waals surface area contributed by atoms with Crippen molar-refractivity contribution in [2.24, 2.45) is 4.99 Å². The Bertz CT molecular complexity index is 583. The molecule has 0 bridgehead atoms. The number of sulfone groups is 1. The summed E-state index contributed by atoms with van der Waals surface area (Å²) in [7, 11) is -3.04. The van der Waals surface area contributed by atoms with E-state index in [1.807, 2.05) is 6.92 Å². The molecule has 154 valence electrons. The molecular weight excluding hydrogens is 467 g/mol. The van der Waals surface area contributed by atoms with Gasteiger partial charge in [-0.3, -0.25) is 9.89 Å². The third-order valence-corrected chi connectivity index (χ3v) is 7.70. The van der Waals surface area contributed by atoms with Crippen LogP contribution in [0.1, 0.15) is 34.6 Å².